The summed E-state index contributed by atoms with van der Waals surface area (Å²) in [5, 5.41) is 9.23. The molecule has 1 saturated heterocycles. The van der Waals surface area contributed by atoms with Gasteiger partial charge in [0.05, 0.1) is 23.9 Å². The summed E-state index contributed by atoms with van der Waals surface area (Å²) in [6.07, 6.45) is 6.15. The molecule has 0 bridgehead atoms. The molecule has 1 unspecified atom stereocenters. The maximum absolute atomic E-state index is 5.56. The van der Waals surface area contributed by atoms with E-state index >= 15 is 0 Å². The number of benzene rings is 2. The van der Waals surface area contributed by atoms with Crippen molar-refractivity contribution < 1.29 is 4.74 Å². The van der Waals surface area contributed by atoms with Crippen LogP contribution >= 0.6 is 11.3 Å². The van der Waals surface area contributed by atoms with E-state index in [9.17, 15) is 0 Å². The third-order valence-corrected chi connectivity index (χ3v) is 6.90. The summed E-state index contributed by atoms with van der Waals surface area (Å²) in [7, 11) is 1.72. The van der Waals surface area contributed by atoms with Gasteiger partial charge in [-0.25, -0.2) is 4.98 Å². The monoisotopic (exact) mass is 433 g/mol. The standard InChI is InChI=1S/C24H27N5OS/c1-30-22-10-9-18(14-19(22)16-29-13-5-11-26-29)15-25-20-6-4-12-28(17-20)24-27-21-7-2-3-8-23(21)31-24/h2-3,5,7-11,13-14,20,25H,4,6,12,15-17H2,1H3. The Bertz CT molecular complexity index is 1110. The summed E-state index contributed by atoms with van der Waals surface area (Å²) in [6.45, 7) is 3.62. The van der Waals surface area contributed by atoms with Crippen LogP contribution in [-0.2, 0) is 13.1 Å². The molecule has 0 amide bonds. The summed E-state index contributed by atoms with van der Waals surface area (Å²) in [4.78, 5) is 7.28. The van der Waals surface area contributed by atoms with Gasteiger partial charge in [-0.15, -0.1) is 0 Å². The fraction of sp³-hybridized carbons (Fsp3) is 0.333. The molecular weight excluding hydrogens is 406 g/mol. The van der Waals surface area contributed by atoms with Gasteiger partial charge in [-0.2, -0.15) is 5.10 Å². The minimum Gasteiger partial charge on any atom is -0.496 e. The number of fused-ring (bicyclic) bond motifs is 1. The van der Waals surface area contributed by atoms with Crippen molar-refractivity contribution in [1.29, 1.82) is 0 Å². The summed E-state index contributed by atoms with van der Waals surface area (Å²) in [5.74, 6) is 0.902. The lowest BCUT2D eigenvalue weighted by Crippen LogP contribution is -2.45. The van der Waals surface area contributed by atoms with Crippen molar-refractivity contribution in [2.75, 3.05) is 25.1 Å². The zero-order valence-corrected chi connectivity index (χ0v) is 18.5. The van der Waals surface area contributed by atoms with Crippen LogP contribution in [-0.4, -0.2) is 41.0 Å². The Morgan fingerprint density at radius 1 is 1.19 bits per heavy atom. The van der Waals surface area contributed by atoms with E-state index < -0.39 is 0 Å². The Kier molecular flexibility index (Phi) is 5.86. The molecule has 7 heteroatoms. The Hall–Kier alpha value is -2.90. The molecule has 3 heterocycles. The molecule has 4 aromatic rings. The lowest BCUT2D eigenvalue weighted by molar-refractivity contribution is 0.406. The molecule has 1 aliphatic rings. The smallest absolute Gasteiger partial charge is 0.186 e. The Balaban J connectivity index is 1.24. The SMILES string of the molecule is COc1ccc(CNC2CCCN(c3nc4ccccc4s3)C2)cc1Cn1cccn1. The van der Waals surface area contributed by atoms with E-state index in [0.29, 0.717) is 12.6 Å². The first kappa shape index (κ1) is 20.0. The minimum absolute atomic E-state index is 0.456. The first-order valence-corrected chi connectivity index (χ1v) is 11.6. The lowest BCUT2D eigenvalue weighted by Gasteiger charge is -2.33. The van der Waals surface area contributed by atoms with Crippen LogP contribution in [0.1, 0.15) is 24.0 Å². The topological polar surface area (TPSA) is 55.2 Å². The van der Waals surface area contributed by atoms with E-state index in [1.807, 2.05) is 16.9 Å². The van der Waals surface area contributed by atoms with E-state index in [4.69, 9.17) is 9.72 Å². The number of piperidine rings is 1. The van der Waals surface area contributed by atoms with Gasteiger partial charge in [-0.1, -0.05) is 29.5 Å². The van der Waals surface area contributed by atoms with E-state index in [1.165, 1.54) is 23.1 Å². The summed E-state index contributed by atoms with van der Waals surface area (Å²) < 4.78 is 8.74. The highest BCUT2D eigenvalue weighted by Crippen LogP contribution is 2.30. The van der Waals surface area contributed by atoms with Crippen molar-refractivity contribution >= 4 is 26.7 Å². The van der Waals surface area contributed by atoms with Gasteiger partial charge in [0, 0.05) is 43.6 Å². The van der Waals surface area contributed by atoms with Crippen molar-refractivity contribution in [2.24, 2.45) is 0 Å². The van der Waals surface area contributed by atoms with Gasteiger partial charge < -0.3 is 15.0 Å². The van der Waals surface area contributed by atoms with Crippen molar-refractivity contribution in [1.82, 2.24) is 20.1 Å². The number of aromatic nitrogens is 3. The summed E-state index contributed by atoms with van der Waals surface area (Å²) in [6, 6.07) is 17.2. The molecule has 1 N–H and O–H groups in total. The van der Waals surface area contributed by atoms with E-state index in [-0.39, 0.29) is 0 Å². The van der Waals surface area contributed by atoms with Crippen molar-refractivity contribution in [3.8, 4) is 5.75 Å². The molecule has 1 fully saturated rings. The minimum atomic E-state index is 0.456. The number of methoxy groups -OCH3 is 1. The molecule has 5 rings (SSSR count). The van der Waals surface area contributed by atoms with Gasteiger partial charge in [-0.05, 0) is 48.7 Å². The maximum atomic E-state index is 5.56. The molecule has 6 nitrogen and oxygen atoms in total. The Labute approximate surface area is 186 Å². The van der Waals surface area contributed by atoms with Crippen molar-refractivity contribution in [3.05, 3.63) is 72.1 Å². The van der Waals surface area contributed by atoms with Gasteiger partial charge in [0.2, 0.25) is 0 Å². The van der Waals surface area contributed by atoms with Crippen LogP contribution in [0.5, 0.6) is 5.75 Å². The molecule has 0 aliphatic carbocycles. The first-order valence-electron chi connectivity index (χ1n) is 10.8. The molecule has 2 aromatic carbocycles. The fourth-order valence-electron chi connectivity index (χ4n) is 4.21. The van der Waals surface area contributed by atoms with E-state index in [2.05, 4.69) is 57.8 Å². The second-order valence-corrected chi connectivity index (χ2v) is 8.99. The Morgan fingerprint density at radius 2 is 2.13 bits per heavy atom. The molecule has 0 saturated carbocycles. The highest BCUT2D eigenvalue weighted by atomic mass is 32.1. The number of hydrogen-bond donors (Lipinski definition) is 1. The molecule has 31 heavy (non-hydrogen) atoms. The largest absolute Gasteiger partial charge is 0.496 e. The average Bonchev–Trinajstić information content (AvgIpc) is 3.48. The molecule has 0 radical (unpaired) electrons. The second kappa shape index (κ2) is 9.08. The lowest BCUT2D eigenvalue weighted by atomic mass is 10.0. The van der Waals surface area contributed by atoms with Crippen LogP contribution in [0.25, 0.3) is 10.2 Å². The van der Waals surface area contributed by atoms with Gasteiger partial charge in [-0.3, -0.25) is 4.68 Å². The van der Waals surface area contributed by atoms with Crippen molar-refractivity contribution in [2.45, 2.75) is 32.0 Å². The number of hydrogen-bond acceptors (Lipinski definition) is 6. The molecule has 1 atom stereocenters. The molecule has 0 spiro atoms. The highest BCUT2D eigenvalue weighted by Gasteiger charge is 2.22. The number of thiazole rings is 1. The normalized spacial score (nSPS) is 16.7. The first-order chi connectivity index (χ1) is 15.3. The average molecular weight is 434 g/mol. The van der Waals surface area contributed by atoms with E-state index in [0.717, 1.165) is 41.6 Å². The zero-order valence-electron chi connectivity index (χ0n) is 17.7. The third kappa shape index (κ3) is 4.57. The quantitative estimate of drug-likeness (QED) is 0.471. The van der Waals surface area contributed by atoms with Gasteiger partial charge in [0.25, 0.3) is 0 Å². The third-order valence-electron chi connectivity index (χ3n) is 5.81. The summed E-state index contributed by atoms with van der Waals surface area (Å²) in [5.41, 5.74) is 3.51. The van der Waals surface area contributed by atoms with Gasteiger partial charge in [0.1, 0.15) is 5.75 Å². The zero-order chi connectivity index (χ0) is 21.0. The number of nitrogens with one attached hydrogen (secondary N) is 1. The molecule has 160 valence electrons. The van der Waals surface area contributed by atoms with Crippen molar-refractivity contribution in [3.63, 3.8) is 0 Å². The van der Waals surface area contributed by atoms with Crippen LogP contribution in [0, 0.1) is 0 Å². The number of para-hydroxylation sites is 1. The fourth-order valence-corrected chi connectivity index (χ4v) is 5.21. The summed E-state index contributed by atoms with van der Waals surface area (Å²) >= 11 is 1.79. The van der Waals surface area contributed by atoms with Gasteiger partial charge in [0.15, 0.2) is 5.13 Å². The number of ether oxygens (including phenoxy) is 1. The number of anilines is 1. The van der Waals surface area contributed by atoms with Crippen LogP contribution in [0.3, 0.4) is 0 Å². The van der Waals surface area contributed by atoms with Crippen LogP contribution in [0.15, 0.2) is 60.9 Å². The maximum Gasteiger partial charge on any atom is 0.186 e. The van der Waals surface area contributed by atoms with Crippen LogP contribution in [0.2, 0.25) is 0 Å². The molecular formula is C24H27N5OS. The molecule has 1 aliphatic heterocycles. The predicted octanol–water partition coefficient (Wildman–Crippen LogP) is 4.31. The predicted molar refractivity (Wildman–Crippen MR) is 126 cm³/mol. The second-order valence-electron chi connectivity index (χ2n) is 7.98. The Morgan fingerprint density at radius 3 is 2.97 bits per heavy atom. The van der Waals surface area contributed by atoms with E-state index in [1.54, 1.807) is 24.6 Å². The van der Waals surface area contributed by atoms with Crippen LogP contribution in [0.4, 0.5) is 5.13 Å². The van der Waals surface area contributed by atoms with Crippen LogP contribution < -0.4 is 15.0 Å². The number of nitrogens with zero attached hydrogens (tertiary/aromatic N) is 4. The highest BCUT2D eigenvalue weighted by molar-refractivity contribution is 7.22. The van der Waals surface area contributed by atoms with Gasteiger partial charge >= 0.3 is 0 Å². The molecule has 2 aromatic heterocycles. The number of rotatable bonds is 7.